The van der Waals surface area contributed by atoms with Crippen LogP contribution in [0.4, 0.5) is 0 Å². The van der Waals surface area contributed by atoms with E-state index in [4.69, 9.17) is 4.74 Å². The molecule has 160 valence electrons. The molecule has 0 aliphatic heterocycles. The topological polar surface area (TPSA) is 46.5 Å². The van der Waals surface area contributed by atoms with E-state index >= 15 is 0 Å². The number of fused-ring (bicyclic) bond motifs is 5. The first kappa shape index (κ1) is 20.7. The number of aliphatic hydroxyl groups excluding tert-OH is 1. The van der Waals surface area contributed by atoms with Gasteiger partial charge < -0.3 is 9.84 Å². The van der Waals surface area contributed by atoms with Crippen molar-refractivity contribution in [2.75, 3.05) is 7.11 Å². The van der Waals surface area contributed by atoms with Crippen molar-refractivity contribution in [2.24, 2.45) is 46.3 Å². The lowest BCUT2D eigenvalue weighted by Gasteiger charge is -2.62. The molecule has 28 heavy (non-hydrogen) atoms. The summed E-state index contributed by atoms with van der Waals surface area (Å²) in [6, 6.07) is 0. The van der Waals surface area contributed by atoms with E-state index in [1.807, 2.05) is 0 Å². The standard InChI is InChI=1S/C25H42O3/c1-16(8-11-22(27)28-4)18-9-10-19-23-20(12-14-25(18,19)3)24(2)13-6-5-7-17(24)15-21(23)26/h16-21,23,26H,5-15H2,1-4H3/t16-,17+,18?,19?,20?,21-,23?,24+,25-/m1/s1. The molecule has 4 saturated carbocycles. The Kier molecular flexibility index (Phi) is 5.61. The van der Waals surface area contributed by atoms with Gasteiger partial charge in [-0.25, -0.2) is 0 Å². The molecule has 0 aromatic carbocycles. The van der Waals surface area contributed by atoms with Crippen LogP contribution in [0.15, 0.2) is 0 Å². The molecule has 4 unspecified atom stereocenters. The summed E-state index contributed by atoms with van der Waals surface area (Å²) in [7, 11) is 1.49. The van der Waals surface area contributed by atoms with Gasteiger partial charge in [0.25, 0.3) is 0 Å². The number of hydrogen-bond donors (Lipinski definition) is 1. The quantitative estimate of drug-likeness (QED) is 0.636. The summed E-state index contributed by atoms with van der Waals surface area (Å²) >= 11 is 0. The van der Waals surface area contributed by atoms with Crippen LogP contribution in [0, 0.1) is 46.3 Å². The van der Waals surface area contributed by atoms with Gasteiger partial charge in [-0.1, -0.05) is 33.6 Å². The third-order valence-electron chi connectivity index (χ3n) is 10.4. The van der Waals surface area contributed by atoms with Crippen LogP contribution in [0.25, 0.3) is 0 Å². The first-order chi connectivity index (χ1) is 13.3. The van der Waals surface area contributed by atoms with Gasteiger partial charge >= 0.3 is 5.97 Å². The third-order valence-corrected chi connectivity index (χ3v) is 10.4. The minimum atomic E-state index is -0.0880. The molecule has 0 heterocycles. The summed E-state index contributed by atoms with van der Waals surface area (Å²) in [6.45, 7) is 7.46. The number of rotatable bonds is 4. The molecule has 4 fully saturated rings. The molecule has 4 rings (SSSR count). The highest BCUT2D eigenvalue weighted by Gasteiger charge is 2.62. The van der Waals surface area contributed by atoms with Crippen molar-refractivity contribution in [3.05, 3.63) is 0 Å². The predicted molar refractivity (Wildman–Crippen MR) is 112 cm³/mol. The van der Waals surface area contributed by atoms with Crippen molar-refractivity contribution in [3.63, 3.8) is 0 Å². The average Bonchev–Trinajstić information content (AvgIpc) is 3.03. The molecule has 3 heteroatoms. The fourth-order valence-corrected chi connectivity index (χ4v) is 8.88. The van der Waals surface area contributed by atoms with Gasteiger partial charge in [-0.2, -0.15) is 0 Å². The summed E-state index contributed by atoms with van der Waals surface area (Å²) in [5.74, 6) is 3.83. The van der Waals surface area contributed by atoms with Gasteiger partial charge in [0, 0.05) is 6.42 Å². The zero-order chi connectivity index (χ0) is 20.1. The first-order valence-corrected chi connectivity index (χ1v) is 12.1. The summed E-state index contributed by atoms with van der Waals surface area (Å²) < 4.78 is 4.87. The lowest BCUT2D eigenvalue weighted by molar-refractivity contribution is -0.164. The van der Waals surface area contributed by atoms with E-state index in [2.05, 4.69) is 20.8 Å². The van der Waals surface area contributed by atoms with E-state index in [9.17, 15) is 9.90 Å². The van der Waals surface area contributed by atoms with Crippen molar-refractivity contribution in [1.82, 2.24) is 0 Å². The van der Waals surface area contributed by atoms with E-state index in [1.165, 1.54) is 58.5 Å². The van der Waals surface area contributed by atoms with E-state index in [-0.39, 0.29) is 12.1 Å². The lowest BCUT2D eigenvalue weighted by atomic mass is 9.44. The molecule has 0 spiro atoms. The molecule has 3 nitrogen and oxygen atoms in total. The zero-order valence-corrected chi connectivity index (χ0v) is 18.6. The first-order valence-electron chi connectivity index (χ1n) is 12.1. The van der Waals surface area contributed by atoms with E-state index < -0.39 is 0 Å². The Balaban J connectivity index is 1.53. The van der Waals surface area contributed by atoms with Gasteiger partial charge in [0.15, 0.2) is 0 Å². The van der Waals surface area contributed by atoms with Gasteiger partial charge in [-0.3, -0.25) is 4.79 Å². The minimum Gasteiger partial charge on any atom is -0.469 e. The molecule has 9 atom stereocenters. The maximum atomic E-state index is 11.6. The van der Waals surface area contributed by atoms with Crippen molar-refractivity contribution in [3.8, 4) is 0 Å². The Hall–Kier alpha value is -0.570. The molecule has 0 aromatic rings. The van der Waals surface area contributed by atoms with Gasteiger partial charge in [-0.05, 0) is 97.7 Å². The fraction of sp³-hybridized carbons (Fsp3) is 0.960. The molecule has 0 saturated heterocycles. The number of carbonyl (C=O) groups excluding carboxylic acids is 1. The van der Waals surface area contributed by atoms with Crippen LogP contribution in [-0.2, 0) is 9.53 Å². The SMILES string of the molecule is COC(=O)CC[C@@H](C)C1CCC2C3C(CC[C@@]21C)[C@@]1(C)CCCC[C@H]1C[C@H]3O. The zero-order valence-electron chi connectivity index (χ0n) is 18.6. The minimum absolute atomic E-state index is 0.0748. The van der Waals surface area contributed by atoms with Crippen LogP contribution in [0.2, 0.25) is 0 Å². The summed E-state index contributed by atoms with van der Waals surface area (Å²) in [6.07, 6.45) is 13.1. The molecular weight excluding hydrogens is 348 g/mol. The second-order valence-electron chi connectivity index (χ2n) is 11.4. The van der Waals surface area contributed by atoms with Crippen LogP contribution < -0.4 is 0 Å². The number of ether oxygens (including phenoxy) is 1. The maximum Gasteiger partial charge on any atom is 0.305 e. The Morgan fingerprint density at radius 2 is 1.82 bits per heavy atom. The number of hydrogen-bond acceptors (Lipinski definition) is 3. The summed E-state index contributed by atoms with van der Waals surface area (Å²) in [4.78, 5) is 11.6. The van der Waals surface area contributed by atoms with Gasteiger partial charge in [0.1, 0.15) is 0 Å². The number of carbonyl (C=O) groups is 1. The van der Waals surface area contributed by atoms with E-state index in [0.29, 0.717) is 40.9 Å². The van der Waals surface area contributed by atoms with Crippen LogP contribution in [0.5, 0.6) is 0 Å². The van der Waals surface area contributed by atoms with Crippen LogP contribution in [0.1, 0.15) is 91.4 Å². The normalized spacial score (nSPS) is 48.9. The van der Waals surface area contributed by atoms with Gasteiger partial charge in [0.2, 0.25) is 0 Å². The average molecular weight is 391 g/mol. The number of methoxy groups -OCH3 is 1. The maximum absolute atomic E-state index is 11.6. The predicted octanol–water partition coefficient (Wildman–Crippen LogP) is 5.60. The van der Waals surface area contributed by atoms with Crippen LogP contribution in [0.3, 0.4) is 0 Å². The molecule has 0 aromatic heterocycles. The van der Waals surface area contributed by atoms with Crippen molar-refractivity contribution in [2.45, 2.75) is 97.5 Å². The number of esters is 1. The molecular formula is C25H42O3. The lowest BCUT2D eigenvalue weighted by Crippen LogP contribution is -2.57. The van der Waals surface area contributed by atoms with Crippen molar-refractivity contribution >= 4 is 5.97 Å². The summed E-state index contributed by atoms with van der Waals surface area (Å²) in [5, 5.41) is 11.3. The Labute approximate surface area is 172 Å². The number of aliphatic hydroxyl groups is 1. The Morgan fingerprint density at radius 1 is 1.07 bits per heavy atom. The molecule has 0 radical (unpaired) electrons. The van der Waals surface area contributed by atoms with Crippen LogP contribution in [-0.4, -0.2) is 24.3 Å². The molecule has 0 bridgehead atoms. The fourth-order valence-electron chi connectivity index (χ4n) is 8.88. The second-order valence-corrected chi connectivity index (χ2v) is 11.4. The van der Waals surface area contributed by atoms with Gasteiger partial charge in [-0.15, -0.1) is 0 Å². The highest BCUT2D eigenvalue weighted by molar-refractivity contribution is 5.69. The van der Waals surface area contributed by atoms with Crippen molar-refractivity contribution in [1.29, 1.82) is 0 Å². The van der Waals surface area contributed by atoms with E-state index in [0.717, 1.165) is 24.7 Å². The molecule has 0 amide bonds. The van der Waals surface area contributed by atoms with Crippen molar-refractivity contribution < 1.29 is 14.6 Å². The van der Waals surface area contributed by atoms with Gasteiger partial charge in [0.05, 0.1) is 13.2 Å². The largest absolute Gasteiger partial charge is 0.469 e. The Morgan fingerprint density at radius 3 is 2.57 bits per heavy atom. The van der Waals surface area contributed by atoms with E-state index in [1.54, 1.807) is 0 Å². The summed E-state index contributed by atoms with van der Waals surface area (Å²) in [5.41, 5.74) is 0.813. The second kappa shape index (κ2) is 7.60. The van der Waals surface area contributed by atoms with Crippen LogP contribution >= 0.6 is 0 Å². The highest BCUT2D eigenvalue weighted by Crippen LogP contribution is 2.68. The third kappa shape index (κ3) is 3.15. The highest BCUT2D eigenvalue weighted by atomic mass is 16.5. The monoisotopic (exact) mass is 390 g/mol. The smallest absolute Gasteiger partial charge is 0.305 e. The molecule has 1 N–H and O–H groups in total. The molecule has 4 aliphatic rings. The Bertz CT molecular complexity index is 588. The molecule has 4 aliphatic carbocycles.